The number of hydrogen-bond donors (Lipinski definition) is 0. The lowest BCUT2D eigenvalue weighted by Gasteiger charge is -2.36. The Morgan fingerprint density at radius 3 is 2.92 bits per heavy atom. The lowest BCUT2D eigenvalue weighted by atomic mass is 10.1. The van der Waals surface area contributed by atoms with E-state index in [1.54, 1.807) is 11.3 Å². The van der Waals surface area contributed by atoms with Crippen LogP contribution >= 0.6 is 11.3 Å². The molecule has 3 heterocycles. The SMILES string of the molecule is Cc1ccc2nc(N3CCOC(C(=O)N4CCCCC4)C3)sc2c1. The molecule has 1 amide bonds. The van der Waals surface area contributed by atoms with Crippen LogP contribution in [0.3, 0.4) is 0 Å². The van der Waals surface area contributed by atoms with E-state index >= 15 is 0 Å². The summed E-state index contributed by atoms with van der Waals surface area (Å²) in [6.07, 6.45) is 3.09. The highest BCUT2D eigenvalue weighted by atomic mass is 32.1. The van der Waals surface area contributed by atoms with Crippen molar-refractivity contribution in [2.75, 3.05) is 37.7 Å². The van der Waals surface area contributed by atoms with Crippen LogP contribution in [0.4, 0.5) is 5.13 Å². The third kappa shape index (κ3) is 3.13. The molecular weight excluding hydrogens is 322 g/mol. The van der Waals surface area contributed by atoms with Crippen LogP contribution < -0.4 is 4.90 Å². The minimum atomic E-state index is -0.356. The quantitative estimate of drug-likeness (QED) is 0.840. The largest absolute Gasteiger partial charge is 0.365 e. The van der Waals surface area contributed by atoms with Crippen LogP contribution in [0.25, 0.3) is 10.2 Å². The Morgan fingerprint density at radius 2 is 2.08 bits per heavy atom. The first-order valence-corrected chi connectivity index (χ1v) is 9.55. The van der Waals surface area contributed by atoms with Crippen molar-refractivity contribution < 1.29 is 9.53 Å². The molecule has 0 spiro atoms. The molecule has 2 aromatic rings. The van der Waals surface area contributed by atoms with Gasteiger partial charge in [-0.2, -0.15) is 0 Å². The highest BCUT2D eigenvalue weighted by molar-refractivity contribution is 7.22. The second-order valence-corrected chi connectivity index (χ2v) is 7.67. The number of benzene rings is 1. The molecule has 24 heavy (non-hydrogen) atoms. The Hall–Kier alpha value is -1.66. The second-order valence-electron chi connectivity index (χ2n) is 6.66. The number of likely N-dealkylation sites (tertiary alicyclic amines) is 1. The van der Waals surface area contributed by atoms with E-state index in [-0.39, 0.29) is 12.0 Å². The molecular formula is C18H23N3O2S. The first kappa shape index (κ1) is 15.8. The fourth-order valence-electron chi connectivity index (χ4n) is 3.45. The predicted molar refractivity (Wildman–Crippen MR) is 96.7 cm³/mol. The summed E-state index contributed by atoms with van der Waals surface area (Å²) in [5, 5.41) is 0.996. The van der Waals surface area contributed by atoms with Gasteiger partial charge in [0.25, 0.3) is 5.91 Å². The summed E-state index contributed by atoms with van der Waals surface area (Å²) >= 11 is 1.70. The molecule has 6 heteroatoms. The molecule has 2 fully saturated rings. The molecule has 5 nitrogen and oxygen atoms in total. The Morgan fingerprint density at radius 1 is 1.25 bits per heavy atom. The van der Waals surface area contributed by atoms with Gasteiger partial charge in [-0.25, -0.2) is 4.98 Å². The van der Waals surface area contributed by atoms with Gasteiger partial charge in [0.15, 0.2) is 11.2 Å². The number of fused-ring (bicyclic) bond motifs is 1. The number of nitrogens with zero attached hydrogens (tertiary/aromatic N) is 3. The molecule has 1 aromatic heterocycles. The normalized spacial score (nSPS) is 22.1. The molecule has 2 aliphatic heterocycles. The van der Waals surface area contributed by atoms with Gasteiger partial charge >= 0.3 is 0 Å². The molecule has 0 saturated carbocycles. The van der Waals surface area contributed by atoms with Crippen molar-refractivity contribution in [2.24, 2.45) is 0 Å². The number of carbonyl (C=O) groups is 1. The van der Waals surface area contributed by atoms with Gasteiger partial charge in [0.1, 0.15) is 0 Å². The minimum Gasteiger partial charge on any atom is -0.365 e. The van der Waals surface area contributed by atoms with Gasteiger partial charge in [-0.15, -0.1) is 0 Å². The summed E-state index contributed by atoms with van der Waals surface area (Å²) in [5.41, 5.74) is 2.28. The Balaban J connectivity index is 1.50. The first-order chi connectivity index (χ1) is 11.7. The molecule has 1 atom stereocenters. The van der Waals surface area contributed by atoms with E-state index in [4.69, 9.17) is 9.72 Å². The zero-order chi connectivity index (χ0) is 16.5. The van der Waals surface area contributed by atoms with Crippen LogP contribution in [0, 0.1) is 6.92 Å². The van der Waals surface area contributed by atoms with Crippen LogP contribution in [0.5, 0.6) is 0 Å². The second kappa shape index (κ2) is 6.69. The van der Waals surface area contributed by atoms with Crippen molar-refractivity contribution in [3.63, 3.8) is 0 Å². The Kier molecular flexibility index (Phi) is 4.41. The number of rotatable bonds is 2. The van der Waals surface area contributed by atoms with E-state index < -0.39 is 0 Å². The van der Waals surface area contributed by atoms with Crippen molar-refractivity contribution >= 4 is 32.6 Å². The number of morpholine rings is 1. The summed E-state index contributed by atoms with van der Waals surface area (Å²) in [5.74, 6) is 0.149. The van der Waals surface area contributed by atoms with E-state index in [1.807, 2.05) is 4.90 Å². The van der Waals surface area contributed by atoms with Gasteiger partial charge in [-0.05, 0) is 43.9 Å². The topological polar surface area (TPSA) is 45.7 Å². The van der Waals surface area contributed by atoms with E-state index in [1.165, 1.54) is 16.7 Å². The Bertz CT molecular complexity index is 739. The van der Waals surface area contributed by atoms with Gasteiger partial charge < -0.3 is 14.5 Å². The number of ether oxygens (including phenoxy) is 1. The van der Waals surface area contributed by atoms with Crippen LogP contribution in [-0.2, 0) is 9.53 Å². The van der Waals surface area contributed by atoms with Crippen LogP contribution in [0.2, 0.25) is 0 Å². The number of piperidine rings is 1. The molecule has 0 N–H and O–H groups in total. The van der Waals surface area contributed by atoms with Crippen LogP contribution in [0.1, 0.15) is 24.8 Å². The highest BCUT2D eigenvalue weighted by Gasteiger charge is 2.31. The highest BCUT2D eigenvalue weighted by Crippen LogP contribution is 2.30. The summed E-state index contributed by atoms with van der Waals surface area (Å²) in [6, 6.07) is 6.34. The maximum absolute atomic E-state index is 12.7. The monoisotopic (exact) mass is 345 g/mol. The van der Waals surface area contributed by atoms with Crippen molar-refractivity contribution in [2.45, 2.75) is 32.3 Å². The minimum absolute atomic E-state index is 0.149. The zero-order valence-electron chi connectivity index (χ0n) is 14.0. The molecule has 0 bridgehead atoms. The smallest absolute Gasteiger partial charge is 0.253 e. The predicted octanol–water partition coefficient (Wildman–Crippen LogP) is 2.82. The summed E-state index contributed by atoms with van der Waals surface area (Å²) in [6.45, 7) is 5.83. The average Bonchev–Trinajstić information content (AvgIpc) is 3.05. The number of aryl methyl sites for hydroxylation is 1. The molecule has 1 unspecified atom stereocenters. The van der Waals surface area contributed by atoms with E-state index in [0.717, 1.165) is 43.1 Å². The average molecular weight is 345 g/mol. The van der Waals surface area contributed by atoms with E-state index in [0.29, 0.717) is 13.2 Å². The first-order valence-electron chi connectivity index (χ1n) is 8.73. The van der Waals surface area contributed by atoms with Gasteiger partial charge in [-0.3, -0.25) is 4.79 Å². The zero-order valence-corrected chi connectivity index (χ0v) is 14.8. The molecule has 0 radical (unpaired) electrons. The standard InChI is InChI=1S/C18H23N3O2S/c1-13-5-6-14-16(11-13)24-18(19-14)21-9-10-23-15(12-21)17(22)20-7-3-2-4-8-20/h5-6,11,15H,2-4,7-10,12H2,1H3. The van der Waals surface area contributed by atoms with Gasteiger partial charge in [0, 0.05) is 19.6 Å². The van der Waals surface area contributed by atoms with Gasteiger partial charge in [0.2, 0.25) is 0 Å². The molecule has 2 aliphatic rings. The van der Waals surface area contributed by atoms with Gasteiger partial charge in [0.05, 0.1) is 23.4 Å². The summed E-state index contributed by atoms with van der Waals surface area (Å²) in [4.78, 5) is 21.6. The molecule has 128 valence electrons. The number of carbonyl (C=O) groups excluding carboxylic acids is 1. The molecule has 2 saturated heterocycles. The van der Waals surface area contributed by atoms with E-state index in [2.05, 4.69) is 30.0 Å². The van der Waals surface area contributed by atoms with Crippen molar-refractivity contribution in [3.8, 4) is 0 Å². The lowest BCUT2D eigenvalue weighted by Crippen LogP contribution is -2.52. The molecule has 0 aliphatic carbocycles. The van der Waals surface area contributed by atoms with Crippen LogP contribution in [0.15, 0.2) is 18.2 Å². The third-order valence-corrected chi connectivity index (χ3v) is 5.89. The number of thiazole rings is 1. The lowest BCUT2D eigenvalue weighted by molar-refractivity contribution is -0.145. The number of amides is 1. The Labute approximate surface area is 146 Å². The molecule has 4 rings (SSSR count). The van der Waals surface area contributed by atoms with Crippen LogP contribution in [-0.4, -0.2) is 54.7 Å². The summed E-state index contributed by atoms with van der Waals surface area (Å²) < 4.78 is 6.99. The number of aromatic nitrogens is 1. The van der Waals surface area contributed by atoms with Crippen molar-refractivity contribution in [1.29, 1.82) is 0 Å². The maximum Gasteiger partial charge on any atom is 0.253 e. The van der Waals surface area contributed by atoms with E-state index in [9.17, 15) is 4.79 Å². The van der Waals surface area contributed by atoms with Crippen molar-refractivity contribution in [3.05, 3.63) is 23.8 Å². The maximum atomic E-state index is 12.7. The fourth-order valence-corrected chi connectivity index (χ4v) is 4.54. The summed E-state index contributed by atoms with van der Waals surface area (Å²) in [7, 11) is 0. The molecule has 1 aromatic carbocycles. The number of anilines is 1. The third-order valence-electron chi connectivity index (χ3n) is 4.81. The van der Waals surface area contributed by atoms with Crippen molar-refractivity contribution in [1.82, 2.24) is 9.88 Å². The number of hydrogen-bond acceptors (Lipinski definition) is 5. The van der Waals surface area contributed by atoms with Gasteiger partial charge in [-0.1, -0.05) is 17.4 Å². The fraction of sp³-hybridized carbons (Fsp3) is 0.556.